The highest BCUT2D eigenvalue weighted by atomic mass is 32.1. The molecular weight excluding hydrogens is 216 g/mol. The van der Waals surface area contributed by atoms with Gasteiger partial charge in [-0.2, -0.15) is 12.6 Å². The molecule has 0 amide bonds. The lowest BCUT2D eigenvalue weighted by Crippen LogP contribution is -2.27. The van der Waals surface area contributed by atoms with Crippen molar-refractivity contribution >= 4 is 22.2 Å². The van der Waals surface area contributed by atoms with Crippen molar-refractivity contribution < 1.29 is 13.3 Å². The van der Waals surface area contributed by atoms with Crippen molar-refractivity contribution in [2.75, 3.05) is 25.6 Å². The Labute approximate surface area is 95.5 Å². The van der Waals surface area contributed by atoms with E-state index in [-0.39, 0.29) is 0 Å². The summed E-state index contributed by atoms with van der Waals surface area (Å²) in [7, 11) is -1.73. The Bertz CT molecular complexity index is 79.9. The Morgan fingerprint density at radius 3 is 1.29 bits per heavy atom. The van der Waals surface area contributed by atoms with Crippen LogP contribution < -0.4 is 0 Å². The van der Waals surface area contributed by atoms with Crippen LogP contribution >= 0.6 is 12.6 Å². The Morgan fingerprint density at radius 2 is 1.14 bits per heavy atom. The largest absolute Gasteiger partial charge is 0.484 e. The smallest absolute Gasteiger partial charge is 0.376 e. The van der Waals surface area contributed by atoms with Gasteiger partial charge in [0.1, 0.15) is 0 Å². The van der Waals surface area contributed by atoms with Crippen LogP contribution in [0.25, 0.3) is 0 Å². The zero-order valence-electron chi connectivity index (χ0n) is 9.78. The van der Waals surface area contributed by atoms with Gasteiger partial charge in [0.05, 0.1) is 0 Å². The fourth-order valence-corrected chi connectivity index (χ4v) is 1.66. The highest BCUT2D eigenvalue weighted by Crippen LogP contribution is 1.91. The van der Waals surface area contributed by atoms with Crippen molar-refractivity contribution in [1.82, 2.24) is 0 Å². The van der Waals surface area contributed by atoms with E-state index in [1.807, 2.05) is 20.8 Å². The third-order valence-electron chi connectivity index (χ3n) is 1.13. The van der Waals surface area contributed by atoms with Crippen molar-refractivity contribution in [1.29, 1.82) is 0 Å². The molecule has 5 heteroatoms. The minimum Gasteiger partial charge on any atom is -0.376 e. The average molecular weight is 240 g/mol. The zero-order chi connectivity index (χ0) is 11.2. The molecule has 14 heavy (non-hydrogen) atoms. The van der Waals surface area contributed by atoms with Gasteiger partial charge in [-0.05, 0) is 32.9 Å². The first-order chi connectivity index (χ1) is 6.76. The summed E-state index contributed by atoms with van der Waals surface area (Å²) in [5.74, 6) is 1.01. The summed E-state index contributed by atoms with van der Waals surface area (Å²) >= 11 is 3.92. The van der Waals surface area contributed by atoms with Gasteiger partial charge >= 0.3 is 9.53 Å². The first kappa shape index (κ1) is 16.9. The third kappa shape index (κ3) is 14.9. The molecule has 0 aliphatic carbocycles. The predicted octanol–water partition coefficient (Wildman–Crippen LogP) is 2.14. The highest BCUT2D eigenvalue weighted by molar-refractivity contribution is 7.80. The summed E-state index contributed by atoms with van der Waals surface area (Å²) in [4.78, 5) is 0. The molecule has 0 rings (SSSR count). The van der Waals surface area contributed by atoms with Gasteiger partial charge in [-0.25, -0.2) is 0 Å². The van der Waals surface area contributed by atoms with Crippen molar-refractivity contribution in [3.63, 3.8) is 0 Å². The number of hydrogen-bond acceptors (Lipinski definition) is 4. The fourth-order valence-electron chi connectivity index (χ4n) is 0.553. The molecule has 0 heterocycles. The molecule has 0 unspecified atom stereocenters. The first-order valence-corrected chi connectivity index (χ1v) is 7.26. The molecule has 0 spiro atoms. The molecule has 0 aliphatic rings. The van der Waals surface area contributed by atoms with Crippen LogP contribution in [0, 0.1) is 0 Å². The number of hydrogen-bond donors (Lipinski definition) is 1. The molecule has 0 bridgehead atoms. The average Bonchev–Trinajstić information content (AvgIpc) is 2.20. The second-order valence-corrected chi connectivity index (χ2v) is 4.40. The van der Waals surface area contributed by atoms with Gasteiger partial charge in [-0.15, -0.1) is 0 Å². The van der Waals surface area contributed by atoms with Crippen molar-refractivity contribution in [3.05, 3.63) is 0 Å². The van der Waals surface area contributed by atoms with E-state index in [1.165, 1.54) is 6.42 Å². The van der Waals surface area contributed by atoms with Gasteiger partial charge in [0, 0.05) is 19.8 Å². The Kier molecular flexibility index (Phi) is 19.1. The summed E-state index contributed by atoms with van der Waals surface area (Å²) < 4.78 is 15.7. The van der Waals surface area contributed by atoms with Crippen LogP contribution in [0.2, 0.25) is 0 Å². The van der Waals surface area contributed by atoms with Gasteiger partial charge in [-0.3, -0.25) is 0 Å². The van der Waals surface area contributed by atoms with Crippen LogP contribution in [-0.4, -0.2) is 35.1 Å². The molecule has 0 aromatic heterocycles. The van der Waals surface area contributed by atoms with Gasteiger partial charge in [-0.1, -0.05) is 6.92 Å². The Balaban J connectivity index is 0. The van der Waals surface area contributed by atoms with Gasteiger partial charge < -0.3 is 13.3 Å². The normalized spacial score (nSPS) is 9.86. The van der Waals surface area contributed by atoms with Crippen LogP contribution in [0.5, 0.6) is 0 Å². The molecular formula is C9H24O3SSi. The van der Waals surface area contributed by atoms with E-state index in [4.69, 9.17) is 13.3 Å². The second kappa shape index (κ2) is 15.9. The summed E-state index contributed by atoms with van der Waals surface area (Å²) in [5, 5.41) is 0. The van der Waals surface area contributed by atoms with Crippen LogP contribution in [0.4, 0.5) is 0 Å². The molecule has 0 saturated heterocycles. The lowest BCUT2D eigenvalue weighted by Gasteiger charge is -2.12. The van der Waals surface area contributed by atoms with E-state index < -0.39 is 9.53 Å². The minimum absolute atomic E-state index is 0.677. The van der Waals surface area contributed by atoms with Gasteiger partial charge in [0.2, 0.25) is 0 Å². The highest BCUT2D eigenvalue weighted by Gasteiger charge is 2.11. The molecule has 0 radical (unpaired) electrons. The Morgan fingerprint density at radius 1 is 0.857 bits per heavy atom. The maximum Gasteiger partial charge on any atom is 0.484 e. The van der Waals surface area contributed by atoms with E-state index in [2.05, 4.69) is 19.6 Å². The van der Waals surface area contributed by atoms with E-state index in [9.17, 15) is 0 Å². The molecule has 0 N–H and O–H groups in total. The van der Waals surface area contributed by atoms with E-state index in [1.54, 1.807) is 0 Å². The van der Waals surface area contributed by atoms with Crippen molar-refractivity contribution in [2.45, 2.75) is 34.1 Å². The lowest BCUT2D eigenvalue weighted by molar-refractivity contribution is 0.107. The standard InChI is InChI=1S/C6H16O3Si.C3H8S/c1-4-7-10(8-5-2)9-6-3;1-2-3-4/h10H,4-6H2,1-3H3;4H,2-3H2,1H3. The second-order valence-electron chi connectivity index (χ2n) is 2.38. The molecule has 0 aliphatic heterocycles. The van der Waals surface area contributed by atoms with Crippen molar-refractivity contribution in [2.24, 2.45) is 0 Å². The fraction of sp³-hybridized carbons (Fsp3) is 1.00. The molecule has 3 nitrogen and oxygen atoms in total. The third-order valence-corrected chi connectivity index (χ3v) is 3.40. The monoisotopic (exact) mass is 240 g/mol. The summed E-state index contributed by atoms with van der Waals surface area (Å²) in [6.45, 7) is 9.96. The maximum atomic E-state index is 5.22. The SMILES string of the molecule is CCCS.CCO[SiH](OCC)OCC. The van der Waals surface area contributed by atoms with Gasteiger partial charge in [0.25, 0.3) is 0 Å². The number of thiol groups is 1. The minimum atomic E-state index is -1.73. The van der Waals surface area contributed by atoms with Crippen LogP contribution in [0.3, 0.4) is 0 Å². The molecule has 0 aromatic rings. The first-order valence-electron chi connectivity index (χ1n) is 5.22. The van der Waals surface area contributed by atoms with E-state index >= 15 is 0 Å². The summed E-state index contributed by atoms with van der Waals surface area (Å²) in [6.07, 6.45) is 1.18. The molecule has 0 aromatic carbocycles. The summed E-state index contributed by atoms with van der Waals surface area (Å²) in [6, 6.07) is 0. The van der Waals surface area contributed by atoms with E-state index in [0.717, 1.165) is 5.75 Å². The maximum absolute atomic E-state index is 5.22. The van der Waals surface area contributed by atoms with Gasteiger partial charge in [0.15, 0.2) is 0 Å². The van der Waals surface area contributed by atoms with E-state index in [0.29, 0.717) is 19.8 Å². The predicted molar refractivity (Wildman–Crippen MR) is 66.2 cm³/mol. The van der Waals surface area contributed by atoms with Crippen molar-refractivity contribution in [3.8, 4) is 0 Å². The quantitative estimate of drug-likeness (QED) is 0.546. The topological polar surface area (TPSA) is 27.7 Å². The van der Waals surface area contributed by atoms with Crippen LogP contribution in [0.15, 0.2) is 0 Å². The lowest BCUT2D eigenvalue weighted by atomic mass is 10.6. The molecule has 88 valence electrons. The molecule has 0 saturated carbocycles. The Hall–Kier alpha value is 0.447. The van der Waals surface area contributed by atoms with Crippen LogP contribution in [-0.2, 0) is 13.3 Å². The zero-order valence-corrected chi connectivity index (χ0v) is 11.8. The van der Waals surface area contributed by atoms with Crippen LogP contribution in [0.1, 0.15) is 34.1 Å². The molecule has 0 atom stereocenters. The molecule has 0 fully saturated rings. The summed E-state index contributed by atoms with van der Waals surface area (Å²) in [5.41, 5.74) is 0. The number of rotatable bonds is 7.